The maximum Gasteiger partial charge on any atom is 0.0781 e. The topological polar surface area (TPSA) is 62.3 Å². The first kappa shape index (κ1) is 11.0. The van der Waals surface area contributed by atoms with Gasteiger partial charge in [-0.25, -0.2) is 0 Å². The van der Waals surface area contributed by atoms with Gasteiger partial charge >= 0.3 is 0 Å². The molecule has 0 aliphatic rings. The molecule has 1 rings (SSSR count). The summed E-state index contributed by atoms with van der Waals surface area (Å²) in [5.74, 6) is 0. The number of anilines is 1. The molecule has 5 nitrogen and oxygen atoms in total. The van der Waals surface area contributed by atoms with Crippen LogP contribution in [0.5, 0.6) is 0 Å². The number of hydrogen-bond donors (Lipinski definition) is 1. The standard InChI is InChI=1S/C9H17N3O2/c1-8(7-13-2)14-4-3-12-6-9(10)5-11-12/h5-6,8H,3-4,7,10H2,1-2H3. The normalized spacial score (nSPS) is 13.0. The Labute approximate surface area is 83.8 Å². The van der Waals surface area contributed by atoms with Gasteiger partial charge in [0.25, 0.3) is 0 Å². The van der Waals surface area contributed by atoms with Gasteiger partial charge in [-0.05, 0) is 6.92 Å². The smallest absolute Gasteiger partial charge is 0.0781 e. The molecule has 1 aromatic heterocycles. The molecule has 0 fully saturated rings. The molecule has 2 N–H and O–H groups in total. The second-order valence-corrected chi connectivity index (χ2v) is 3.17. The van der Waals surface area contributed by atoms with Crippen molar-refractivity contribution in [3.05, 3.63) is 12.4 Å². The summed E-state index contributed by atoms with van der Waals surface area (Å²) in [6.45, 7) is 3.92. The van der Waals surface area contributed by atoms with Crippen LogP contribution in [0.4, 0.5) is 5.69 Å². The Morgan fingerprint density at radius 3 is 3.00 bits per heavy atom. The van der Waals surface area contributed by atoms with Crippen molar-refractivity contribution in [2.75, 3.05) is 26.1 Å². The number of nitrogen functional groups attached to an aromatic ring is 1. The summed E-state index contributed by atoms with van der Waals surface area (Å²) in [7, 11) is 1.66. The number of nitrogens with two attached hydrogens (primary N) is 1. The van der Waals surface area contributed by atoms with Gasteiger partial charge in [-0.15, -0.1) is 0 Å². The Bertz CT molecular complexity index is 262. The molecule has 80 valence electrons. The lowest BCUT2D eigenvalue weighted by Gasteiger charge is -2.11. The lowest BCUT2D eigenvalue weighted by Crippen LogP contribution is -2.18. The van der Waals surface area contributed by atoms with Gasteiger partial charge < -0.3 is 15.2 Å². The van der Waals surface area contributed by atoms with Crippen molar-refractivity contribution in [3.63, 3.8) is 0 Å². The van der Waals surface area contributed by atoms with Gasteiger partial charge in [0.15, 0.2) is 0 Å². The Balaban J connectivity index is 2.15. The number of hydrogen-bond acceptors (Lipinski definition) is 4. The van der Waals surface area contributed by atoms with Crippen LogP contribution in [0.25, 0.3) is 0 Å². The van der Waals surface area contributed by atoms with Gasteiger partial charge in [-0.2, -0.15) is 5.10 Å². The van der Waals surface area contributed by atoms with Crippen molar-refractivity contribution in [2.45, 2.75) is 19.6 Å². The molecular formula is C9H17N3O2. The Hall–Kier alpha value is -1.07. The zero-order valence-corrected chi connectivity index (χ0v) is 8.64. The third-order valence-corrected chi connectivity index (χ3v) is 1.78. The predicted molar refractivity (Wildman–Crippen MR) is 53.9 cm³/mol. The largest absolute Gasteiger partial charge is 0.396 e. The van der Waals surface area contributed by atoms with E-state index in [1.165, 1.54) is 0 Å². The summed E-state index contributed by atoms with van der Waals surface area (Å²) in [5.41, 5.74) is 6.19. The van der Waals surface area contributed by atoms with Gasteiger partial charge in [0.05, 0.1) is 37.7 Å². The lowest BCUT2D eigenvalue weighted by atomic mass is 10.4. The highest BCUT2D eigenvalue weighted by molar-refractivity contribution is 5.30. The SMILES string of the molecule is COCC(C)OCCn1cc(N)cn1. The van der Waals surface area contributed by atoms with Crippen LogP contribution >= 0.6 is 0 Å². The molecule has 0 aliphatic carbocycles. The molecule has 0 radical (unpaired) electrons. The highest BCUT2D eigenvalue weighted by Gasteiger charge is 2.01. The van der Waals surface area contributed by atoms with Crippen molar-refractivity contribution in [2.24, 2.45) is 0 Å². The van der Waals surface area contributed by atoms with E-state index in [0.29, 0.717) is 25.4 Å². The predicted octanol–water partition coefficient (Wildman–Crippen LogP) is 0.517. The third kappa shape index (κ3) is 3.76. The molecule has 1 atom stereocenters. The first-order chi connectivity index (χ1) is 6.72. The monoisotopic (exact) mass is 199 g/mol. The van der Waals surface area contributed by atoms with E-state index in [1.54, 1.807) is 24.2 Å². The van der Waals surface area contributed by atoms with Crippen LogP contribution in [0, 0.1) is 0 Å². The van der Waals surface area contributed by atoms with E-state index in [1.807, 2.05) is 6.92 Å². The maximum atomic E-state index is 5.51. The molecule has 5 heteroatoms. The molecule has 0 bridgehead atoms. The lowest BCUT2D eigenvalue weighted by molar-refractivity contribution is 0.00508. The summed E-state index contributed by atoms with van der Waals surface area (Å²) in [6, 6.07) is 0. The van der Waals surface area contributed by atoms with Gasteiger partial charge in [-0.3, -0.25) is 4.68 Å². The van der Waals surface area contributed by atoms with E-state index < -0.39 is 0 Å². The van der Waals surface area contributed by atoms with Crippen molar-refractivity contribution >= 4 is 5.69 Å². The minimum absolute atomic E-state index is 0.118. The molecule has 1 heterocycles. The molecule has 1 unspecified atom stereocenters. The Kier molecular flexibility index (Phi) is 4.42. The fourth-order valence-corrected chi connectivity index (χ4v) is 1.13. The number of methoxy groups -OCH3 is 1. The van der Waals surface area contributed by atoms with E-state index in [9.17, 15) is 0 Å². The first-order valence-corrected chi connectivity index (χ1v) is 4.61. The van der Waals surface area contributed by atoms with Gasteiger partial charge in [0.2, 0.25) is 0 Å². The zero-order valence-electron chi connectivity index (χ0n) is 8.64. The molecule has 14 heavy (non-hydrogen) atoms. The molecule has 0 amide bonds. The van der Waals surface area contributed by atoms with Crippen molar-refractivity contribution in [1.29, 1.82) is 0 Å². The molecule has 0 aromatic carbocycles. The summed E-state index contributed by atoms with van der Waals surface area (Å²) in [4.78, 5) is 0. The van der Waals surface area contributed by atoms with Crippen LogP contribution in [-0.4, -0.2) is 36.2 Å². The van der Waals surface area contributed by atoms with Crippen LogP contribution in [0.15, 0.2) is 12.4 Å². The molecule has 0 saturated heterocycles. The first-order valence-electron chi connectivity index (χ1n) is 4.61. The molecular weight excluding hydrogens is 182 g/mol. The Morgan fingerprint density at radius 2 is 2.43 bits per heavy atom. The van der Waals surface area contributed by atoms with Crippen LogP contribution in [0.1, 0.15) is 6.92 Å². The second-order valence-electron chi connectivity index (χ2n) is 3.17. The number of nitrogens with zero attached hydrogens (tertiary/aromatic N) is 2. The van der Waals surface area contributed by atoms with Crippen molar-refractivity contribution < 1.29 is 9.47 Å². The Morgan fingerprint density at radius 1 is 1.64 bits per heavy atom. The fourth-order valence-electron chi connectivity index (χ4n) is 1.13. The average molecular weight is 199 g/mol. The minimum Gasteiger partial charge on any atom is -0.396 e. The van der Waals surface area contributed by atoms with E-state index in [-0.39, 0.29) is 6.10 Å². The quantitative estimate of drug-likeness (QED) is 0.725. The number of ether oxygens (including phenoxy) is 2. The average Bonchev–Trinajstić information content (AvgIpc) is 2.52. The van der Waals surface area contributed by atoms with Gasteiger partial charge in [0.1, 0.15) is 0 Å². The van der Waals surface area contributed by atoms with Crippen LogP contribution in [0.2, 0.25) is 0 Å². The van der Waals surface area contributed by atoms with Crippen molar-refractivity contribution in [3.8, 4) is 0 Å². The van der Waals surface area contributed by atoms with E-state index in [4.69, 9.17) is 15.2 Å². The molecule has 1 aromatic rings. The van der Waals surface area contributed by atoms with E-state index in [2.05, 4.69) is 5.10 Å². The fraction of sp³-hybridized carbons (Fsp3) is 0.667. The summed E-state index contributed by atoms with van der Waals surface area (Å²) < 4.78 is 12.2. The third-order valence-electron chi connectivity index (χ3n) is 1.78. The van der Waals surface area contributed by atoms with Crippen LogP contribution in [-0.2, 0) is 16.0 Å². The van der Waals surface area contributed by atoms with Gasteiger partial charge in [0, 0.05) is 13.3 Å². The van der Waals surface area contributed by atoms with Gasteiger partial charge in [-0.1, -0.05) is 0 Å². The van der Waals surface area contributed by atoms with Crippen molar-refractivity contribution in [1.82, 2.24) is 9.78 Å². The summed E-state index contributed by atoms with van der Waals surface area (Å²) >= 11 is 0. The van der Waals surface area contributed by atoms with Crippen LogP contribution < -0.4 is 5.73 Å². The maximum absolute atomic E-state index is 5.51. The number of aromatic nitrogens is 2. The zero-order chi connectivity index (χ0) is 10.4. The molecule has 0 aliphatic heterocycles. The highest BCUT2D eigenvalue weighted by Crippen LogP contribution is 1.98. The number of rotatable bonds is 6. The van der Waals surface area contributed by atoms with E-state index >= 15 is 0 Å². The van der Waals surface area contributed by atoms with Crippen LogP contribution in [0.3, 0.4) is 0 Å². The van der Waals surface area contributed by atoms with E-state index in [0.717, 1.165) is 0 Å². The summed E-state index contributed by atoms with van der Waals surface area (Å²) in [5, 5.41) is 4.04. The summed E-state index contributed by atoms with van der Waals surface area (Å²) in [6.07, 6.45) is 3.52. The minimum atomic E-state index is 0.118. The second kappa shape index (κ2) is 5.62. The highest BCUT2D eigenvalue weighted by atomic mass is 16.5. The molecule has 0 spiro atoms. The molecule has 0 saturated carbocycles.